The highest BCUT2D eigenvalue weighted by Crippen LogP contribution is 2.20. The molecule has 2 aromatic rings. The van der Waals surface area contributed by atoms with Crippen molar-refractivity contribution in [2.24, 2.45) is 0 Å². The van der Waals surface area contributed by atoms with Gasteiger partial charge in [-0.2, -0.15) is 4.31 Å². The summed E-state index contributed by atoms with van der Waals surface area (Å²) in [7, 11) is -3.52. The van der Waals surface area contributed by atoms with Crippen LogP contribution >= 0.6 is 0 Å². The lowest BCUT2D eigenvalue weighted by molar-refractivity contribution is 0.0730. The highest BCUT2D eigenvalue weighted by molar-refractivity contribution is 7.89. The molecule has 1 saturated heterocycles. The van der Waals surface area contributed by atoms with Gasteiger partial charge in [0.1, 0.15) is 18.1 Å². The second-order valence-corrected chi connectivity index (χ2v) is 8.49. The first-order chi connectivity index (χ1) is 14.5. The molecule has 0 saturated carbocycles. The van der Waals surface area contributed by atoms with Crippen LogP contribution in [0.2, 0.25) is 0 Å². The number of carbonyl (C=O) groups excluding carboxylic acids is 1. The van der Waals surface area contributed by atoms with Gasteiger partial charge in [0.15, 0.2) is 0 Å². The molecule has 0 aromatic heterocycles. The quantitative estimate of drug-likeness (QED) is 0.606. The number of nitrogens with one attached hydrogen (secondary N) is 1. The first-order valence-electron chi connectivity index (χ1n) is 9.82. The molecule has 0 aliphatic carbocycles. The lowest BCUT2D eigenvalue weighted by Crippen LogP contribution is -2.40. The van der Waals surface area contributed by atoms with Gasteiger partial charge < -0.3 is 19.5 Å². The Labute approximate surface area is 176 Å². The van der Waals surface area contributed by atoms with Crippen molar-refractivity contribution in [2.45, 2.75) is 11.8 Å². The van der Waals surface area contributed by atoms with E-state index in [0.717, 1.165) is 5.75 Å². The van der Waals surface area contributed by atoms with E-state index in [4.69, 9.17) is 14.2 Å². The monoisotopic (exact) mass is 434 g/mol. The number of rotatable bonds is 9. The van der Waals surface area contributed by atoms with Crippen LogP contribution in [0.25, 0.3) is 0 Å². The molecule has 1 N–H and O–H groups in total. The second kappa shape index (κ2) is 10.4. The van der Waals surface area contributed by atoms with Gasteiger partial charge in [-0.25, -0.2) is 8.42 Å². The Morgan fingerprint density at radius 3 is 2.23 bits per heavy atom. The van der Waals surface area contributed by atoms with Crippen molar-refractivity contribution in [1.29, 1.82) is 0 Å². The van der Waals surface area contributed by atoms with Crippen molar-refractivity contribution in [3.05, 3.63) is 54.1 Å². The van der Waals surface area contributed by atoms with E-state index < -0.39 is 10.0 Å². The van der Waals surface area contributed by atoms with Gasteiger partial charge in [-0.1, -0.05) is 0 Å². The highest BCUT2D eigenvalue weighted by Gasteiger charge is 2.26. The van der Waals surface area contributed by atoms with Crippen molar-refractivity contribution in [2.75, 3.05) is 46.1 Å². The van der Waals surface area contributed by atoms with E-state index in [0.29, 0.717) is 50.8 Å². The smallest absolute Gasteiger partial charge is 0.251 e. The molecule has 8 nitrogen and oxygen atoms in total. The summed E-state index contributed by atoms with van der Waals surface area (Å²) in [4.78, 5) is 12.4. The molecule has 0 radical (unpaired) electrons. The van der Waals surface area contributed by atoms with Crippen LogP contribution in [-0.4, -0.2) is 64.7 Å². The van der Waals surface area contributed by atoms with Gasteiger partial charge in [0.2, 0.25) is 10.0 Å². The van der Waals surface area contributed by atoms with Gasteiger partial charge in [0, 0.05) is 18.7 Å². The van der Waals surface area contributed by atoms with E-state index in [2.05, 4.69) is 5.32 Å². The first kappa shape index (κ1) is 22.1. The Balaban J connectivity index is 1.45. The van der Waals surface area contributed by atoms with Crippen LogP contribution in [-0.2, 0) is 14.8 Å². The molecular weight excluding hydrogens is 408 g/mol. The minimum Gasteiger partial charge on any atom is -0.494 e. The van der Waals surface area contributed by atoms with Crippen molar-refractivity contribution in [3.8, 4) is 11.5 Å². The molecule has 1 amide bonds. The number of sulfonamides is 1. The van der Waals surface area contributed by atoms with Crippen LogP contribution in [0, 0.1) is 0 Å². The predicted octanol–water partition coefficient (Wildman–Crippen LogP) is 1.91. The fraction of sp³-hybridized carbons (Fsp3) is 0.381. The zero-order chi connectivity index (χ0) is 21.4. The maximum absolute atomic E-state index is 12.6. The Kier molecular flexibility index (Phi) is 7.67. The standard InChI is InChI=1S/C21H26N2O6S/c1-2-28-18-5-3-17(4-6-18)21(24)22-11-14-29-19-7-9-20(10-8-19)30(25,26)23-12-15-27-16-13-23/h3-10H,2,11-16H2,1H3,(H,22,24). The summed E-state index contributed by atoms with van der Waals surface area (Å²) in [6, 6.07) is 13.2. The third-order valence-electron chi connectivity index (χ3n) is 4.52. The number of ether oxygens (including phenoxy) is 3. The fourth-order valence-corrected chi connectivity index (χ4v) is 4.36. The van der Waals surface area contributed by atoms with E-state index in [1.165, 1.54) is 16.4 Å². The largest absolute Gasteiger partial charge is 0.494 e. The van der Waals surface area contributed by atoms with Gasteiger partial charge in [0.05, 0.1) is 31.3 Å². The molecule has 1 aliphatic rings. The number of benzene rings is 2. The minimum atomic E-state index is -3.52. The molecule has 1 aliphatic heterocycles. The third-order valence-corrected chi connectivity index (χ3v) is 6.43. The van der Waals surface area contributed by atoms with Crippen LogP contribution in [0.3, 0.4) is 0 Å². The average Bonchev–Trinajstić information content (AvgIpc) is 2.78. The van der Waals surface area contributed by atoms with Crippen molar-refractivity contribution in [1.82, 2.24) is 9.62 Å². The van der Waals surface area contributed by atoms with Crippen molar-refractivity contribution >= 4 is 15.9 Å². The number of hydrogen-bond acceptors (Lipinski definition) is 6. The van der Waals surface area contributed by atoms with Crippen LogP contribution < -0.4 is 14.8 Å². The molecule has 1 heterocycles. The lowest BCUT2D eigenvalue weighted by atomic mass is 10.2. The van der Waals surface area contributed by atoms with E-state index in [-0.39, 0.29) is 17.4 Å². The topological polar surface area (TPSA) is 94.2 Å². The molecule has 30 heavy (non-hydrogen) atoms. The summed E-state index contributed by atoms with van der Waals surface area (Å²) in [6.07, 6.45) is 0. The Hall–Kier alpha value is -2.62. The molecule has 0 unspecified atom stereocenters. The number of nitrogens with zero attached hydrogens (tertiary/aromatic N) is 1. The Bertz CT molecular complexity index is 923. The lowest BCUT2D eigenvalue weighted by Gasteiger charge is -2.26. The minimum absolute atomic E-state index is 0.200. The normalized spacial score (nSPS) is 14.8. The van der Waals surface area contributed by atoms with Gasteiger partial charge in [-0.05, 0) is 55.5 Å². The Morgan fingerprint density at radius 1 is 1.00 bits per heavy atom. The predicted molar refractivity (Wildman–Crippen MR) is 111 cm³/mol. The SMILES string of the molecule is CCOc1ccc(C(=O)NCCOc2ccc(S(=O)(=O)N3CCOCC3)cc2)cc1. The third kappa shape index (κ3) is 5.71. The molecule has 9 heteroatoms. The molecule has 0 spiro atoms. The highest BCUT2D eigenvalue weighted by atomic mass is 32.2. The van der Waals surface area contributed by atoms with Gasteiger partial charge >= 0.3 is 0 Å². The zero-order valence-corrected chi connectivity index (χ0v) is 17.7. The molecule has 0 bridgehead atoms. The number of hydrogen-bond donors (Lipinski definition) is 1. The summed E-state index contributed by atoms with van der Waals surface area (Å²) >= 11 is 0. The number of carbonyl (C=O) groups is 1. The summed E-state index contributed by atoms with van der Waals surface area (Å²) in [6.45, 7) is 4.58. The van der Waals surface area contributed by atoms with Gasteiger partial charge in [0.25, 0.3) is 5.91 Å². The molecule has 162 valence electrons. The first-order valence-corrected chi connectivity index (χ1v) is 11.3. The zero-order valence-electron chi connectivity index (χ0n) is 16.9. The van der Waals surface area contributed by atoms with Gasteiger partial charge in [-0.3, -0.25) is 4.79 Å². The summed E-state index contributed by atoms with van der Waals surface area (Å²) in [5, 5.41) is 2.78. The van der Waals surface area contributed by atoms with E-state index >= 15 is 0 Å². The van der Waals surface area contributed by atoms with Crippen LogP contribution in [0.1, 0.15) is 17.3 Å². The number of morpholine rings is 1. The van der Waals surface area contributed by atoms with Crippen LogP contribution in [0.15, 0.2) is 53.4 Å². The van der Waals surface area contributed by atoms with Crippen molar-refractivity contribution in [3.63, 3.8) is 0 Å². The molecule has 2 aromatic carbocycles. The molecule has 1 fully saturated rings. The van der Waals surface area contributed by atoms with E-state index in [9.17, 15) is 13.2 Å². The Morgan fingerprint density at radius 2 is 1.60 bits per heavy atom. The summed E-state index contributed by atoms with van der Waals surface area (Å²) in [5.74, 6) is 1.05. The van der Waals surface area contributed by atoms with E-state index in [1.54, 1.807) is 36.4 Å². The maximum atomic E-state index is 12.6. The molecular formula is C21H26N2O6S. The van der Waals surface area contributed by atoms with E-state index in [1.807, 2.05) is 6.92 Å². The maximum Gasteiger partial charge on any atom is 0.251 e. The van der Waals surface area contributed by atoms with Crippen LogP contribution in [0.5, 0.6) is 11.5 Å². The van der Waals surface area contributed by atoms with Crippen LogP contribution in [0.4, 0.5) is 0 Å². The number of amides is 1. The molecule has 3 rings (SSSR count). The molecule has 0 atom stereocenters. The summed E-state index contributed by atoms with van der Waals surface area (Å²) < 4.78 is 42.8. The van der Waals surface area contributed by atoms with Crippen molar-refractivity contribution < 1.29 is 27.4 Å². The fourth-order valence-electron chi connectivity index (χ4n) is 2.95. The second-order valence-electron chi connectivity index (χ2n) is 6.55. The summed E-state index contributed by atoms with van der Waals surface area (Å²) in [5.41, 5.74) is 0.538. The van der Waals surface area contributed by atoms with Gasteiger partial charge in [-0.15, -0.1) is 0 Å². The average molecular weight is 435 g/mol.